The summed E-state index contributed by atoms with van der Waals surface area (Å²) in [5.74, 6) is 1.58. The minimum Gasteiger partial charge on any atom is -0.356 e. The lowest BCUT2D eigenvalue weighted by Crippen LogP contribution is -2.50. The lowest BCUT2D eigenvalue weighted by molar-refractivity contribution is 0.125. The zero-order valence-electron chi connectivity index (χ0n) is 18.2. The maximum Gasteiger partial charge on any atom is 0.191 e. The molecule has 164 valence electrons. The highest BCUT2D eigenvalue weighted by molar-refractivity contribution is 7.10. The van der Waals surface area contributed by atoms with Gasteiger partial charge in [0.25, 0.3) is 0 Å². The number of hydrogen-bond donors (Lipinski definition) is 2. The number of likely N-dealkylation sites (tertiary alicyclic amines) is 2. The van der Waals surface area contributed by atoms with Crippen LogP contribution in [0.5, 0.6) is 0 Å². The Kier molecular flexibility index (Phi) is 7.82. The lowest BCUT2D eigenvalue weighted by Gasteiger charge is -2.39. The van der Waals surface area contributed by atoms with Gasteiger partial charge in [0.05, 0.1) is 0 Å². The van der Waals surface area contributed by atoms with E-state index in [0.717, 1.165) is 32.1 Å². The minimum atomic E-state index is 0.511. The predicted molar refractivity (Wildman–Crippen MR) is 130 cm³/mol. The lowest BCUT2D eigenvalue weighted by atomic mass is 9.88. The first-order chi connectivity index (χ1) is 14.7. The van der Waals surface area contributed by atoms with Gasteiger partial charge in [0.2, 0.25) is 0 Å². The number of hydrogen-bond acceptors (Lipinski definition) is 5. The van der Waals surface area contributed by atoms with Gasteiger partial charge in [0.15, 0.2) is 5.96 Å². The average Bonchev–Trinajstić information content (AvgIpc) is 3.47. The molecular formula is C23H35N5S2. The first-order valence-corrected chi connectivity index (χ1v) is 13.0. The average molecular weight is 446 g/mol. The van der Waals surface area contributed by atoms with Gasteiger partial charge in [-0.3, -0.25) is 14.8 Å². The summed E-state index contributed by atoms with van der Waals surface area (Å²) in [6.07, 6.45) is 4.90. The fraction of sp³-hybridized carbons (Fsp3) is 0.609. The molecule has 2 N–H and O–H groups in total. The predicted octanol–water partition coefficient (Wildman–Crippen LogP) is 4.02. The summed E-state index contributed by atoms with van der Waals surface area (Å²) in [6.45, 7) is 5.55. The third-order valence-electron chi connectivity index (χ3n) is 6.51. The van der Waals surface area contributed by atoms with Crippen molar-refractivity contribution in [2.24, 2.45) is 10.9 Å². The quantitative estimate of drug-likeness (QED) is 0.521. The van der Waals surface area contributed by atoms with Crippen molar-refractivity contribution >= 4 is 28.6 Å². The van der Waals surface area contributed by atoms with Crippen molar-refractivity contribution in [2.45, 2.75) is 44.3 Å². The van der Waals surface area contributed by atoms with Crippen molar-refractivity contribution in [3.05, 3.63) is 44.8 Å². The van der Waals surface area contributed by atoms with Gasteiger partial charge in [-0.25, -0.2) is 0 Å². The van der Waals surface area contributed by atoms with Gasteiger partial charge in [-0.15, -0.1) is 11.3 Å². The van der Waals surface area contributed by atoms with Crippen molar-refractivity contribution in [1.82, 2.24) is 20.4 Å². The molecule has 2 aliphatic heterocycles. The number of rotatable bonds is 6. The van der Waals surface area contributed by atoms with E-state index in [0.29, 0.717) is 18.0 Å². The molecular weight excluding hydrogens is 410 g/mol. The van der Waals surface area contributed by atoms with Crippen LogP contribution in [0.25, 0.3) is 0 Å². The molecule has 0 saturated carbocycles. The van der Waals surface area contributed by atoms with E-state index in [-0.39, 0.29) is 0 Å². The number of nitrogens with one attached hydrogen (secondary N) is 2. The van der Waals surface area contributed by atoms with Gasteiger partial charge < -0.3 is 10.6 Å². The van der Waals surface area contributed by atoms with Gasteiger partial charge in [-0.1, -0.05) is 6.07 Å². The second kappa shape index (κ2) is 10.8. The summed E-state index contributed by atoms with van der Waals surface area (Å²) >= 11 is 3.68. The number of guanidine groups is 1. The molecule has 7 heteroatoms. The van der Waals surface area contributed by atoms with Crippen molar-refractivity contribution in [2.75, 3.05) is 40.3 Å². The summed E-state index contributed by atoms with van der Waals surface area (Å²) in [6, 6.07) is 7.74. The van der Waals surface area contributed by atoms with E-state index in [1.165, 1.54) is 42.7 Å². The van der Waals surface area contributed by atoms with Crippen LogP contribution in [0.3, 0.4) is 0 Å². The second-order valence-corrected chi connectivity index (χ2v) is 10.4. The Labute approximate surface area is 189 Å². The van der Waals surface area contributed by atoms with Crippen LogP contribution in [0, 0.1) is 5.92 Å². The summed E-state index contributed by atoms with van der Waals surface area (Å²) in [7, 11) is 4.16. The van der Waals surface area contributed by atoms with Crippen molar-refractivity contribution < 1.29 is 0 Å². The van der Waals surface area contributed by atoms with E-state index >= 15 is 0 Å². The summed E-state index contributed by atoms with van der Waals surface area (Å²) in [5, 5.41) is 14.0. The smallest absolute Gasteiger partial charge is 0.191 e. The first-order valence-electron chi connectivity index (χ1n) is 11.2. The van der Waals surface area contributed by atoms with Crippen LogP contribution in [0.1, 0.15) is 42.2 Å². The molecule has 0 aliphatic carbocycles. The third kappa shape index (κ3) is 5.63. The first kappa shape index (κ1) is 21.8. The van der Waals surface area contributed by atoms with Gasteiger partial charge in [0.1, 0.15) is 0 Å². The highest BCUT2D eigenvalue weighted by Gasteiger charge is 2.31. The monoisotopic (exact) mass is 445 g/mol. The van der Waals surface area contributed by atoms with E-state index in [1.54, 1.807) is 11.3 Å². The van der Waals surface area contributed by atoms with Crippen LogP contribution in [0.2, 0.25) is 0 Å². The molecule has 4 heterocycles. The molecule has 0 amide bonds. The molecule has 30 heavy (non-hydrogen) atoms. The van der Waals surface area contributed by atoms with Crippen LogP contribution in [-0.2, 0) is 6.54 Å². The molecule has 2 aromatic rings. The van der Waals surface area contributed by atoms with E-state index in [9.17, 15) is 0 Å². The molecule has 0 spiro atoms. The fourth-order valence-corrected chi connectivity index (χ4v) is 6.52. The molecule has 0 bridgehead atoms. The van der Waals surface area contributed by atoms with Crippen molar-refractivity contribution in [1.29, 1.82) is 0 Å². The number of nitrogens with zero attached hydrogens (tertiary/aromatic N) is 3. The zero-order chi connectivity index (χ0) is 20.8. The van der Waals surface area contributed by atoms with Gasteiger partial charge in [-0.2, -0.15) is 11.3 Å². The summed E-state index contributed by atoms with van der Waals surface area (Å²) in [4.78, 5) is 11.1. The van der Waals surface area contributed by atoms with Gasteiger partial charge >= 0.3 is 0 Å². The minimum absolute atomic E-state index is 0.511. The molecule has 0 radical (unpaired) electrons. The molecule has 2 unspecified atom stereocenters. The molecule has 5 nitrogen and oxygen atoms in total. The molecule has 2 aromatic heterocycles. The van der Waals surface area contributed by atoms with Crippen LogP contribution >= 0.6 is 22.7 Å². The van der Waals surface area contributed by atoms with E-state index in [4.69, 9.17) is 0 Å². The topological polar surface area (TPSA) is 42.9 Å². The summed E-state index contributed by atoms with van der Waals surface area (Å²) < 4.78 is 0. The standard InChI is InChI=1S/C23H35N5S2/c1-24-23(26-20-7-11-28(12-8-20)16-18-9-14-29-17-18)25-15-19-5-3-10-27(2)22(19)21-6-4-13-30-21/h4,6,9,13-14,17,19-20,22H,3,5,7-8,10-12,15-16H2,1-2H3,(H2,24,25,26). The number of piperidine rings is 2. The molecule has 2 fully saturated rings. The molecule has 2 aliphatic rings. The largest absolute Gasteiger partial charge is 0.356 e. The maximum atomic E-state index is 4.52. The molecule has 2 saturated heterocycles. The Hall–Kier alpha value is -1.41. The van der Waals surface area contributed by atoms with Crippen molar-refractivity contribution in [3.8, 4) is 0 Å². The maximum absolute atomic E-state index is 4.52. The summed E-state index contributed by atoms with van der Waals surface area (Å²) in [5.41, 5.74) is 1.45. The fourth-order valence-electron chi connectivity index (χ4n) is 4.87. The molecule has 2 atom stereocenters. The van der Waals surface area contributed by atoms with E-state index in [1.807, 2.05) is 18.4 Å². The van der Waals surface area contributed by atoms with Gasteiger partial charge in [-0.05, 0) is 79.0 Å². The second-order valence-electron chi connectivity index (χ2n) is 8.62. The number of aliphatic imine (C=N–C) groups is 1. The Morgan fingerprint density at radius 2 is 2.03 bits per heavy atom. The SMILES string of the molecule is CN=C(NCC1CCCN(C)C1c1cccs1)NC1CCN(Cc2ccsc2)CC1. The van der Waals surface area contributed by atoms with Gasteiger partial charge in [0, 0.05) is 50.2 Å². The Morgan fingerprint density at radius 1 is 1.17 bits per heavy atom. The Morgan fingerprint density at radius 3 is 2.73 bits per heavy atom. The van der Waals surface area contributed by atoms with E-state index in [2.05, 4.69) is 66.8 Å². The molecule has 4 rings (SSSR count). The van der Waals surface area contributed by atoms with Crippen LogP contribution in [-0.4, -0.2) is 62.1 Å². The van der Waals surface area contributed by atoms with Crippen molar-refractivity contribution in [3.63, 3.8) is 0 Å². The Bertz CT molecular complexity index is 766. The molecule has 0 aromatic carbocycles. The van der Waals surface area contributed by atoms with Crippen LogP contribution in [0.4, 0.5) is 0 Å². The zero-order valence-corrected chi connectivity index (χ0v) is 19.9. The number of thiophene rings is 2. The van der Waals surface area contributed by atoms with Crippen LogP contribution in [0.15, 0.2) is 39.3 Å². The van der Waals surface area contributed by atoms with Crippen LogP contribution < -0.4 is 10.6 Å². The highest BCUT2D eigenvalue weighted by atomic mass is 32.1. The third-order valence-corrected chi connectivity index (χ3v) is 8.19. The Balaban J connectivity index is 1.25. The normalized spacial score (nSPS) is 24.8. The highest BCUT2D eigenvalue weighted by Crippen LogP contribution is 2.36. The van der Waals surface area contributed by atoms with E-state index < -0.39 is 0 Å².